The van der Waals surface area contributed by atoms with Crippen LogP contribution in [0.5, 0.6) is 0 Å². The average Bonchev–Trinajstić information content (AvgIpc) is 2.18. The Morgan fingerprint density at radius 2 is 2.31 bits per heavy atom. The van der Waals surface area contributed by atoms with Gasteiger partial charge in [0.25, 0.3) is 0 Å². The fourth-order valence-electron chi connectivity index (χ4n) is 1.88. The first kappa shape index (κ1) is 9.10. The molecule has 0 saturated carbocycles. The Hall–Kier alpha value is -0.470. The van der Waals surface area contributed by atoms with E-state index in [4.69, 9.17) is 0 Å². The molecule has 1 aromatic carbocycles. The number of aliphatic hydroxyl groups is 1. The second-order valence-corrected chi connectivity index (χ2v) is 4.35. The summed E-state index contributed by atoms with van der Waals surface area (Å²) in [6.45, 7) is 0. The molecule has 0 spiro atoms. The van der Waals surface area contributed by atoms with Gasteiger partial charge in [0.2, 0.25) is 0 Å². The van der Waals surface area contributed by atoms with Gasteiger partial charge in [0.1, 0.15) is 0 Å². The zero-order chi connectivity index (χ0) is 9.26. The normalized spacial score (nSPS) is 21.2. The molecule has 1 aliphatic carbocycles. The van der Waals surface area contributed by atoms with Crippen LogP contribution in [0.2, 0.25) is 0 Å². The summed E-state index contributed by atoms with van der Waals surface area (Å²) in [5.41, 5.74) is 2.48. The number of aliphatic hydroxyl groups excluding tert-OH is 1. The molecule has 1 aromatic rings. The maximum atomic E-state index is 9.77. The molecular weight excluding hydrogens is 180 g/mol. The van der Waals surface area contributed by atoms with Gasteiger partial charge in [-0.1, -0.05) is 6.07 Å². The van der Waals surface area contributed by atoms with Crippen molar-refractivity contribution in [2.75, 3.05) is 6.26 Å². The molecule has 0 heterocycles. The van der Waals surface area contributed by atoms with Crippen LogP contribution in [-0.4, -0.2) is 11.4 Å². The lowest BCUT2D eigenvalue weighted by Crippen LogP contribution is -2.08. The second kappa shape index (κ2) is 3.72. The first-order valence-electron chi connectivity index (χ1n) is 4.66. The van der Waals surface area contributed by atoms with Gasteiger partial charge in [-0.05, 0) is 48.8 Å². The molecular formula is C11H14OS. The molecule has 13 heavy (non-hydrogen) atoms. The molecule has 0 saturated heterocycles. The first-order valence-corrected chi connectivity index (χ1v) is 5.88. The van der Waals surface area contributed by atoms with Crippen LogP contribution >= 0.6 is 11.8 Å². The number of aryl methyl sites for hydroxylation is 1. The summed E-state index contributed by atoms with van der Waals surface area (Å²) in [4.78, 5) is 1.25. The SMILES string of the molecule is CSc1ccc2c(c1)C(O)CCC2. The lowest BCUT2D eigenvalue weighted by atomic mass is 9.90. The van der Waals surface area contributed by atoms with Crippen molar-refractivity contribution in [3.05, 3.63) is 29.3 Å². The minimum absolute atomic E-state index is 0.226. The van der Waals surface area contributed by atoms with E-state index in [0.717, 1.165) is 24.8 Å². The molecule has 2 rings (SSSR count). The first-order chi connectivity index (χ1) is 6.31. The van der Waals surface area contributed by atoms with E-state index in [1.165, 1.54) is 10.5 Å². The zero-order valence-corrected chi connectivity index (χ0v) is 8.60. The lowest BCUT2D eigenvalue weighted by Gasteiger charge is -2.21. The Morgan fingerprint density at radius 3 is 3.08 bits per heavy atom. The summed E-state index contributed by atoms with van der Waals surface area (Å²) in [6.07, 6.45) is 5.01. The molecule has 1 N–H and O–H groups in total. The summed E-state index contributed by atoms with van der Waals surface area (Å²) >= 11 is 1.73. The van der Waals surface area contributed by atoms with E-state index in [-0.39, 0.29) is 6.10 Å². The maximum absolute atomic E-state index is 9.77. The number of rotatable bonds is 1. The summed E-state index contributed by atoms with van der Waals surface area (Å²) in [6, 6.07) is 6.43. The van der Waals surface area contributed by atoms with Gasteiger partial charge in [-0.3, -0.25) is 0 Å². The van der Waals surface area contributed by atoms with Crippen LogP contribution in [-0.2, 0) is 6.42 Å². The van der Waals surface area contributed by atoms with E-state index < -0.39 is 0 Å². The van der Waals surface area contributed by atoms with Crippen LogP contribution in [0.1, 0.15) is 30.1 Å². The topological polar surface area (TPSA) is 20.2 Å². The Balaban J connectivity index is 2.41. The van der Waals surface area contributed by atoms with E-state index in [9.17, 15) is 5.11 Å². The van der Waals surface area contributed by atoms with Gasteiger partial charge in [-0.25, -0.2) is 0 Å². The largest absolute Gasteiger partial charge is 0.388 e. The lowest BCUT2D eigenvalue weighted by molar-refractivity contribution is 0.156. The van der Waals surface area contributed by atoms with Crippen LogP contribution in [0, 0.1) is 0 Å². The molecule has 0 radical (unpaired) electrons. The minimum atomic E-state index is -0.226. The third-order valence-electron chi connectivity index (χ3n) is 2.64. The fourth-order valence-corrected chi connectivity index (χ4v) is 2.33. The molecule has 1 unspecified atom stereocenters. The van der Waals surface area contributed by atoms with E-state index in [1.807, 2.05) is 0 Å². The molecule has 1 atom stereocenters. The summed E-state index contributed by atoms with van der Waals surface area (Å²) in [7, 11) is 0. The summed E-state index contributed by atoms with van der Waals surface area (Å²) in [5, 5.41) is 9.77. The third-order valence-corrected chi connectivity index (χ3v) is 3.36. The van der Waals surface area contributed by atoms with Crippen LogP contribution in [0.15, 0.2) is 23.1 Å². The third kappa shape index (κ3) is 1.74. The van der Waals surface area contributed by atoms with Crippen LogP contribution in [0.4, 0.5) is 0 Å². The van der Waals surface area contributed by atoms with Crippen molar-refractivity contribution in [1.82, 2.24) is 0 Å². The van der Waals surface area contributed by atoms with Crippen molar-refractivity contribution in [3.63, 3.8) is 0 Å². The Morgan fingerprint density at radius 1 is 1.46 bits per heavy atom. The highest BCUT2D eigenvalue weighted by Crippen LogP contribution is 2.32. The quantitative estimate of drug-likeness (QED) is 0.694. The predicted octanol–water partition coefficient (Wildman–Crippen LogP) is 2.78. The van der Waals surface area contributed by atoms with Crippen molar-refractivity contribution >= 4 is 11.8 Å². The van der Waals surface area contributed by atoms with Crippen molar-refractivity contribution in [3.8, 4) is 0 Å². The molecule has 70 valence electrons. The minimum Gasteiger partial charge on any atom is -0.388 e. The molecule has 0 bridgehead atoms. The van der Waals surface area contributed by atoms with Crippen molar-refractivity contribution in [2.45, 2.75) is 30.3 Å². The Labute approximate surface area is 83.2 Å². The zero-order valence-electron chi connectivity index (χ0n) is 7.79. The molecule has 1 aliphatic rings. The van der Waals surface area contributed by atoms with Crippen molar-refractivity contribution in [1.29, 1.82) is 0 Å². The molecule has 0 aromatic heterocycles. The molecule has 1 nitrogen and oxygen atoms in total. The van der Waals surface area contributed by atoms with Gasteiger partial charge in [-0.2, -0.15) is 0 Å². The molecule has 0 amide bonds. The van der Waals surface area contributed by atoms with Gasteiger partial charge in [0.15, 0.2) is 0 Å². The van der Waals surface area contributed by atoms with Crippen LogP contribution in [0.25, 0.3) is 0 Å². The van der Waals surface area contributed by atoms with Gasteiger partial charge < -0.3 is 5.11 Å². The Bertz CT molecular complexity index is 309. The predicted molar refractivity (Wildman–Crippen MR) is 56.1 cm³/mol. The monoisotopic (exact) mass is 194 g/mol. The maximum Gasteiger partial charge on any atom is 0.0793 e. The van der Waals surface area contributed by atoms with Gasteiger partial charge in [0, 0.05) is 4.90 Å². The summed E-state index contributed by atoms with van der Waals surface area (Å²) in [5.74, 6) is 0. The highest BCUT2D eigenvalue weighted by Gasteiger charge is 2.17. The number of hydrogen-bond donors (Lipinski definition) is 1. The van der Waals surface area contributed by atoms with E-state index in [2.05, 4.69) is 24.5 Å². The van der Waals surface area contributed by atoms with E-state index >= 15 is 0 Å². The average molecular weight is 194 g/mol. The van der Waals surface area contributed by atoms with Crippen molar-refractivity contribution < 1.29 is 5.11 Å². The molecule has 2 heteroatoms. The smallest absolute Gasteiger partial charge is 0.0793 e. The number of thioether (sulfide) groups is 1. The fraction of sp³-hybridized carbons (Fsp3) is 0.455. The van der Waals surface area contributed by atoms with E-state index in [0.29, 0.717) is 0 Å². The van der Waals surface area contributed by atoms with Gasteiger partial charge in [0.05, 0.1) is 6.10 Å². The second-order valence-electron chi connectivity index (χ2n) is 3.47. The van der Waals surface area contributed by atoms with E-state index in [1.54, 1.807) is 11.8 Å². The molecule has 0 fully saturated rings. The van der Waals surface area contributed by atoms with Gasteiger partial charge in [-0.15, -0.1) is 11.8 Å². The number of fused-ring (bicyclic) bond motifs is 1. The number of benzene rings is 1. The van der Waals surface area contributed by atoms with Gasteiger partial charge >= 0.3 is 0 Å². The number of hydrogen-bond acceptors (Lipinski definition) is 2. The standard InChI is InChI=1S/C11H14OS/c1-13-9-6-5-8-3-2-4-11(12)10(8)7-9/h5-7,11-12H,2-4H2,1H3. The highest BCUT2D eigenvalue weighted by molar-refractivity contribution is 7.98. The highest BCUT2D eigenvalue weighted by atomic mass is 32.2. The van der Waals surface area contributed by atoms with Crippen LogP contribution < -0.4 is 0 Å². The molecule has 0 aliphatic heterocycles. The summed E-state index contributed by atoms with van der Waals surface area (Å²) < 4.78 is 0. The Kier molecular flexibility index (Phi) is 2.61. The van der Waals surface area contributed by atoms with Crippen LogP contribution in [0.3, 0.4) is 0 Å². The van der Waals surface area contributed by atoms with Crippen molar-refractivity contribution in [2.24, 2.45) is 0 Å².